The van der Waals surface area contributed by atoms with Crippen LogP contribution < -0.4 is 0 Å². The fraction of sp³-hybridized carbons (Fsp3) is 0.385. The maximum Gasteiger partial charge on any atom is 0.102 e. The van der Waals surface area contributed by atoms with E-state index in [1.807, 2.05) is 6.92 Å². The zero-order valence-corrected chi connectivity index (χ0v) is 8.07. The van der Waals surface area contributed by atoms with Crippen molar-refractivity contribution in [2.75, 3.05) is 0 Å². The molecule has 0 bridgehead atoms. The average molecular weight is 168 g/mol. The lowest BCUT2D eigenvalue weighted by Gasteiger charge is -2.16. The second-order valence-electron chi connectivity index (χ2n) is 2.58. The van der Waals surface area contributed by atoms with Gasteiger partial charge in [0.2, 0.25) is 0 Å². The van der Waals surface area contributed by atoms with Gasteiger partial charge in [-0.2, -0.15) is 0 Å². The predicted octanol–water partition coefficient (Wildman–Crippen LogP) is 2.07. The van der Waals surface area contributed by atoms with Crippen molar-refractivity contribution < 1.29 is 0 Å². The van der Waals surface area contributed by atoms with Gasteiger partial charge in [-0.05, 0) is 25.2 Å². The fourth-order valence-electron chi connectivity index (χ4n) is 0.932. The maximum absolute atomic E-state index is 5.41. The molecule has 0 heteroatoms. The lowest BCUT2D eigenvalue weighted by molar-refractivity contribution is 0.533. The van der Waals surface area contributed by atoms with Crippen LogP contribution in [-0.2, 0) is 0 Å². The van der Waals surface area contributed by atoms with Gasteiger partial charge in [0.25, 0.3) is 0 Å². The van der Waals surface area contributed by atoms with E-state index in [1.165, 1.54) is 0 Å². The second kappa shape index (κ2) is 5.84. The molecule has 0 aromatic rings. The molecule has 0 aromatic carbocycles. The minimum Gasteiger partial charge on any atom is -0.118 e. The first-order valence-corrected chi connectivity index (χ1v) is 4.10. The van der Waals surface area contributed by atoms with Crippen molar-refractivity contribution >= 4 is 0 Å². The molecule has 64 valence electrons. The quantitative estimate of drug-likeness (QED) is 0.554. The van der Waals surface area contributed by atoms with Gasteiger partial charge in [-0.25, -0.2) is 0 Å². The topological polar surface area (TPSA) is 0 Å². The van der Waals surface area contributed by atoms with Crippen LogP contribution in [0.5, 0.6) is 0 Å². The highest BCUT2D eigenvalue weighted by atomic mass is 14.2. The van der Waals surface area contributed by atoms with Gasteiger partial charge in [0.05, 0.1) is 0 Å². The summed E-state index contributed by atoms with van der Waals surface area (Å²) in [7, 11) is 0. The number of rotatable bonds is 2. The van der Waals surface area contributed by atoms with E-state index in [0.29, 0.717) is 6.42 Å². The van der Waals surface area contributed by atoms with E-state index in [-0.39, 0.29) is 0 Å². The molecule has 0 aromatic heterocycles. The van der Waals surface area contributed by atoms with Crippen molar-refractivity contribution in [1.29, 1.82) is 0 Å². The molecule has 0 nitrogen and oxygen atoms in total. The highest BCUT2D eigenvalue weighted by molar-refractivity contribution is 5.30. The molecular formula is C13H12. The molecule has 0 aliphatic carbocycles. The Balaban J connectivity index is 4.70. The molecule has 0 saturated heterocycles. The van der Waals surface area contributed by atoms with Crippen molar-refractivity contribution in [1.82, 2.24) is 0 Å². The molecule has 0 N–H and O–H groups in total. The number of hydrogen-bond acceptors (Lipinski definition) is 0. The predicted molar refractivity (Wildman–Crippen MR) is 56.2 cm³/mol. The van der Waals surface area contributed by atoms with E-state index >= 15 is 0 Å². The molecule has 13 heavy (non-hydrogen) atoms. The van der Waals surface area contributed by atoms with E-state index < -0.39 is 5.41 Å². The first-order valence-electron chi connectivity index (χ1n) is 4.10. The Hall–Kier alpha value is -1.76. The molecule has 0 radical (unpaired) electrons. The third-order valence-corrected chi connectivity index (χ3v) is 1.79. The van der Waals surface area contributed by atoms with Crippen LogP contribution in [0.1, 0.15) is 26.7 Å². The summed E-state index contributed by atoms with van der Waals surface area (Å²) in [5.74, 6) is 16.1. The normalized spacial score (nSPS) is 11.7. The molecule has 0 rings (SSSR count). The highest BCUT2D eigenvalue weighted by Crippen LogP contribution is 2.23. The van der Waals surface area contributed by atoms with Crippen LogP contribution in [0.15, 0.2) is 0 Å². The third-order valence-electron chi connectivity index (χ3n) is 1.79. The Bertz CT molecular complexity index is 351. The molecular weight excluding hydrogens is 156 g/mol. The molecule has 0 heterocycles. The highest BCUT2D eigenvalue weighted by Gasteiger charge is 2.20. The Morgan fingerprint density at radius 1 is 1.31 bits per heavy atom. The van der Waals surface area contributed by atoms with Crippen molar-refractivity contribution in [2.24, 2.45) is 5.41 Å². The van der Waals surface area contributed by atoms with Gasteiger partial charge in [0.1, 0.15) is 5.41 Å². The summed E-state index contributed by atoms with van der Waals surface area (Å²) in [4.78, 5) is 0. The maximum atomic E-state index is 5.41. The summed E-state index contributed by atoms with van der Waals surface area (Å²) in [6.07, 6.45) is 11.8. The molecule has 0 aliphatic rings. The van der Waals surface area contributed by atoms with Crippen molar-refractivity contribution in [3.05, 3.63) is 0 Å². The van der Waals surface area contributed by atoms with Crippen LogP contribution in [0, 0.1) is 53.8 Å². The number of terminal acetylenes is 2. The lowest BCUT2D eigenvalue weighted by Crippen LogP contribution is -2.13. The van der Waals surface area contributed by atoms with Crippen LogP contribution in [0.25, 0.3) is 0 Å². The van der Waals surface area contributed by atoms with Gasteiger partial charge < -0.3 is 0 Å². The summed E-state index contributed by atoms with van der Waals surface area (Å²) in [5, 5.41) is 0. The molecule has 0 amide bonds. The smallest absolute Gasteiger partial charge is 0.102 e. The molecule has 0 saturated carbocycles. The van der Waals surface area contributed by atoms with Crippen LogP contribution >= 0.6 is 0 Å². The third kappa shape index (κ3) is 3.43. The van der Waals surface area contributed by atoms with Gasteiger partial charge in [0, 0.05) is 6.42 Å². The minimum absolute atomic E-state index is 0.418. The molecule has 0 fully saturated rings. The molecule has 1 unspecified atom stereocenters. The van der Waals surface area contributed by atoms with Crippen LogP contribution in [-0.4, -0.2) is 0 Å². The van der Waals surface area contributed by atoms with Crippen LogP contribution in [0.4, 0.5) is 0 Å². The Kier molecular flexibility index (Phi) is 5.05. The Morgan fingerprint density at radius 2 is 2.00 bits per heavy atom. The fourth-order valence-corrected chi connectivity index (χ4v) is 0.932. The standard InChI is InChI=1S/C13H12/c1-5-9-10-12-13(7-3,8-4)11-6-2/h1,3H,8,12H2,2,4H3. The lowest BCUT2D eigenvalue weighted by atomic mass is 9.83. The van der Waals surface area contributed by atoms with Gasteiger partial charge in [-0.1, -0.05) is 24.7 Å². The SMILES string of the molecule is C#CC#CCC(C#C)(C#CC)CC. The second-order valence-corrected chi connectivity index (χ2v) is 2.58. The van der Waals surface area contributed by atoms with E-state index in [4.69, 9.17) is 12.8 Å². The summed E-state index contributed by atoms with van der Waals surface area (Å²) in [5.41, 5.74) is -0.418. The molecule has 0 spiro atoms. The van der Waals surface area contributed by atoms with E-state index in [0.717, 1.165) is 6.42 Å². The summed E-state index contributed by atoms with van der Waals surface area (Å²) in [6.45, 7) is 3.78. The zero-order valence-electron chi connectivity index (χ0n) is 8.07. The van der Waals surface area contributed by atoms with Gasteiger partial charge in [-0.15, -0.1) is 18.8 Å². The first kappa shape index (κ1) is 11.2. The largest absolute Gasteiger partial charge is 0.118 e. The Morgan fingerprint density at radius 3 is 2.38 bits per heavy atom. The van der Waals surface area contributed by atoms with E-state index in [9.17, 15) is 0 Å². The Labute approximate surface area is 81.1 Å². The van der Waals surface area contributed by atoms with Crippen molar-refractivity contribution in [3.63, 3.8) is 0 Å². The molecule has 1 atom stereocenters. The summed E-state index contributed by atoms with van der Waals surface area (Å²) < 4.78 is 0. The van der Waals surface area contributed by atoms with Gasteiger partial charge in [0.15, 0.2) is 0 Å². The zero-order chi connectivity index (χ0) is 10.2. The van der Waals surface area contributed by atoms with Gasteiger partial charge in [-0.3, -0.25) is 0 Å². The summed E-state index contributed by atoms with van der Waals surface area (Å²) in [6, 6.07) is 0. The minimum atomic E-state index is -0.418. The monoisotopic (exact) mass is 168 g/mol. The summed E-state index contributed by atoms with van der Waals surface area (Å²) >= 11 is 0. The van der Waals surface area contributed by atoms with Crippen LogP contribution in [0.2, 0.25) is 0 Å². The average Bonchev–Trinajstić information content (AvgIpc) is 2.17. The van der Waals surface area contributed by atoms with Crippen molar-refractivity contribution in [3.8, 4) is 48.4 Å². The van der Waals surface area contributed by atoms with Gasteiger partial charge >= 0.3 is 0 Å². The van der Waals surface area contributed by atoms with E-state index in [2.05, 4.69) is 35.5 Å². The van der Waals surface area contributed by atoms with Crippen LogP contribution in [0.3, 0.4) is 0 Å². The first-order chi connectivity index (χ1) is 6.24. The molecule has 0 aliphatic heterocycles. The van der Waals surface area contributed by atoms with E-state index in [1.54, 1.807) is 6.92 Å². The number of hydrogen-bond donors (Lipinski definition) is 0. The van der Waals surface area contributed by atoms with Crippen molar-refractivity contribution in [2.45, 2.75) is 26.7 Å².